The minimum atomic E-state index is 0.114. The molecular weight excluding hydrogens is 252 g/mol. The second-order valence-electron chi connectivity index (χ2n) is 5.83. The number of aryl methyl sites for hydroxylation is 1. The quantitative estimate of drug-likeness (QED) is 0.385. The Bertz CT molecular complexity index is 493. The number of nitrogens with two attached hydrogens (primary N) is 1. The molecule has 20 heavy (non-hydrogen) atoms. The molecule has 1 saturated carbocycles. The molecule has 2 rings (SSSR count). The highest BCUT2D eigenvalue weighted by atomic mass is 16.4. The van der Waals surface area contributed by atoms with Crippen molar-refractivity contribution < 1.29 is 5.21 Å². The molecule has 1 fully saturated rings. The van der Waals surface area contributed by atoms with E-state index in [1.165, 1.54) is 25.7 Å². The fraction of sp³-hybridized carbons (Fsp3) is 0.600. The van der Waals surface area contributed by atoms with Crippen molar-refractivity contribution in [2.75, 3.05) is 11.9 Å². The maximum atomic E-state index is 8.93. The Morgan fingerprint density at radius 2 is 2.00 bits per heavy atom. The number of pyridine rings is 1. The summed E-state index contributed by atoms with van der Waals surface area (Å²) in [6, 6.07) is 4.23. The van der Waals surface area contributed by atoms with Crippen molar-refractivity contribution in [2.45, 2.75) is 45.6 Å². The molecular formula is C15H24N4O. The summed E-state index contributed by atoms with van der Waals surface area (Å²) < 4.78 is 0. The third-order valence-electron chi connectivity index (χ3n) is 4.27. The van der Waals surface area contributed by atoms with E-state index in [9.17, 15) is 0 Å². The lowest BCUT2D eigenvalue weighted by Gasteiger charge is -2.35. The van der Waals surface area contributed by atoms with Crippen LogP contribution < -0.4 is 10.6 Å². The summed E-state index contributed by atoms with van der Waals surface area (Å²) in [5, 5.41) is 12.0. The van der Waals surface area contributed by atoms with Gasteiger partial charge in [-0.15, -0.1) is 0 Å². The van der Waals surface area contributed by atoms with E-state index in [1.807, 2.05) is 19.1 Å². The molecule has 5 nitrogen and oxygen atoms in total. The van der Waals surface area contributed by atoms with E-state index in [0.29, 0.717) is 11.6 Å². The SMILES string of the molecule is Cc1ccc(C(N)=NO)c(N(C)C2CCC(C)CC2)n1. The summed E-state index contributed by atoms with van der Waals surface area (Å²) in [7, 11) is 2.05. The lowest BCUT2D eigenvalue weighted by molar-refractivity contribution is 0.318. The minimum absolute atomic E-state index is 0.114. The summed E-state index contributed by atoms with van der Waals surface area (Å²) in [5.74, 6) is 1.73. The van der Waals surface area contributed by atoms with Crippen molar-refractivity contribution >= 4 is 11.7 Å². The number of hydrogen-bond donors (Lipinski definition) is 2. The third-order valence-corrected chi connectivity index (χ3v) is 4.27. The molecule has 0 saturated heterocycles. The van der Waals surface area contributed by atoms with Crippen LogP contribution in [-0.4, -0.2) is 29.1 Å². The lowest BCUT2D eigenvalue weighted by atomic mass is 9.86. The van der Waals surface area contributed by atoms with Crippen molar-refractivity contribution in [3.8, 4) is 0 Å². The Kier molecular flexibility index (Phi) is 4.47. The first-order valence-electron chi connectivity index (χ1n) is 7.21. The van der Waals surface area contributed by atoms with Crippen LogP contribution >= 0.6 is 0 Å². The van der Waals surface area contributed by atoms with Crippen LogP contribution in [0.25, 0.3) is 0 Å². The topological polar surface area (TPSA) is 74.7 Å². The number of rotatable bonds is 3. The first kappa shape index (κ1) is 14.6. The molecule has 1 aliphatic carbocycles. The number of hydrogen-bond acceptors (Lipinski definition) is 4. The van der Waals surface area contributed by atoms with Crippen molar-refractivity contribution in [1.82, 2.24) is 4.98 Å². The highest BCUT2D eigenvalue weighted by Crippen LogP contribution is 2.30. The lowest BCUT2D eigenvalue weighted by Crippen LogP contribution is -2.37. The monoisotopic (exact) mass is 276 g/mol. The highest BCUT2D eigenvalue weighted by molar-refractivity contribution is 6.01. The summed E-state index contributed by atoms with van der Waals surface area (Å²) >= 11 is 0. The van der Waals surface area contributed by atoms with E-state index < -0.39 is 0 Å². The Labute approximate surface area is 120 Å². The van der Waals surface area contributed by atoms with Gasteiger partial charge in [-0.1, -0.05) is 12.1 Å². The molecule has 1 aliphatic rings. The van der Waals surface area contributed by atoms with Gasteiger partial charge in [0.15, 0.2) is 5.84 Å². The standard InChI is InChI=1S/C15H24N4O/c1-10-4-7-12(8-5-10)19(3)15-13(14(16)18-20)9-6-11(2)17-15/h6,9-10,12,20H,4-5,7-8H2,1-3H3,(H2,16,18). The molecule has 3 N–H and O–H groups in total. The molecule has 1 heterocycles. The van der Waals surface area contributed by atoms with E-state index in [-0.39, 0.29) is 5.84 Å². The van der Waals surface area contributed by atoms with Crippen molar-refractivity contribution in [3.63, 3.8) is 0 Å². The number of aromatic nitrogens is 1. The van der Waals surface area contributed by atoms with E-state index in [4.69, 9.17) is 10.9 Å². The normalized spacial score (nSPS) is 23.6. The van der Waals surface area contributed by atoms with Crippen LogP contribution in [0.15, 0.2) is 17.3 Å². The molecule has 0 spiro atoms. The molecule has 110 valence electrons. The van der Waals surface area contributed by atoms with Crippen molar-refractivity contribution in [3.05, 3.63) is 23.4 Å². The molecule has 0 amide bonds. The fourth-order valence-corrected chi connectivity index (χ4v) is 2.87. The molecule has 0 unspecified atom stereocenters. The molecule has 1 aromatic rings. The van der Waals surface area contributed by atoms with Crippen LogP contribution in [0.2, 0.25) is 0 Å². The zero-order valence-corrected chi connectivity index (χ0v) is 12.5. The number of oxime groups is 1. The van der Waals surface area contributed by atoms with Gasteiger partial charge in [0.2, 0.25) is 0 Å². The molecule has 0 atom stereocenters. The molecule has 0 aliphatic heterocycles. The first-order chi connectivity index (χ1) is 9.52. The van der Waals surface area contributed by atoms with Gasteiger partial charge in [-0.25, -0.2) is 4.98 Å². The van der Waals surface area contributed by atoms with Gasteiger partial charge < -0.3 is 15.8 Å². The zero-order valence-electron chi connectivity index (χ0n) is 12.5. The summed E-state index contributed by atoms with van der Waals surface area (Å²) in [5.41, 5.74) is 7.40. The second-order valence-corrected chi connectivity index (χ2v) is 5.83. The number of amidine groups is 1. The second kappa shape index (κ2) is 6.11. The Hall–Kier alpha value is -1.78. The van der Waals surface area contributed by atoms with Crippen LogP contribution in [0, 0.1) is 12.8 Å². The Balaban J connectivity index is 2.28. The zero-order chi connectivity index (χ0) is 14.7. The fourth-order valence-electron chi connectivity index (χ4n) is 2.87. The Morgan fingerprint density at radius 1 is 1.35 bits per heavy atom. The maximum Gasteiger partial charge on any atom is 0.173 e. The molecule has 1 aromatic heterocycles. The van der Waals surface area contributed by atoms with Gasteiger partial charge in [0.25, 0.3) is 0 Å². The summed E-state index contributed by atoms with van der Waals surface area (Å²) in [6.07, 6.45) is 4.84. The maximum absolute atomic E-state index is 8.93. The number of nitrogens with zero attached hydrogens (tertiary/aromatic N) is 3. The summed E-state index contributed by atoms with van der Waals surface area (Å²) in [4.78, 5) is 6.78. The van der Waals surface area contributed by atoms with Gasteiger partial charge in [0.05, 0.1) is 5.56 Å². The van der Waals surface area contributed by atoms with Crippen molar-refractivity contribution in [1.29, 1.82) is 0 Å². The van der Waals surface area contributed by atoms with E-state index in [1.54, 1.807) is 0 Å². The molecule has 0 aromatic carbocycles. The van der Waals surface area contributed by atoms with E-state index in [0.717, 1.165) is 17.4 Å². The van der Waals surface area contributed by atoms with Gasteiger partial charge in [0, 0.05) is 18.8 Å². The van der Waals surface area contributed by atoms with Gasteiger partial charge in [0.1, 0.15) is 5.82 Å². The van der Waals surface area contributed by atoms with Gasteiger partial charge in [-0.2, -0.15) is 0 Å². The van der Waals surface area contributed by atoms with Crippen LogP contribution in [0.5, 0.6) is 0 Å². The summed E-state index contributed by atoms with van der Waals surface area (Å²) in [6.45, 7) is 4.26. The number of anilines is 1. The third kappa shape index (κ3) is 3.03. The van der Waals surface area contributed by atoms with Crippen LogP contribution in [-0.2, 0) is 0 Å². The highest BCUT2D eigenvalue weighted by Gasteiger charge is 2.24. The first-order valence-corrected chi connectivity index (χ1v) is 7.21. The largest absolute Gasteiger partial charge is 0.409 e. The van der Waals surface area contributed by atoms with Gasteiger partial charge in [-0.3, -0.25) is 0 Å². The molecule has 0 radical (unpaired) electrons. The Morgan fingerprint density at radius 3 is 2.60 bits per heavy atom. The van der Waals surface area contributed by atoms with E-state index in [2.05, 4.69) is 29.0 Å². The van der Waals surface area contributed by atoms with E-state index >= 15 is 0 Å². The predicted molar refractivity (Wildman–Crippen MR) is 81.3 cm³/mol. The average Bonchev–Trinajstić information content (AvgIpc) is 2.46. The smallest absolute Gasteiger partial charge is 0.173 e. The van der Waals surface area contributed by atoms with Gasteiger partial charge >= 0.3 is 0 Å². The molecule has 5 heteroatoms. The minimum Gasteiger partial charge on any atom is -0.409 e. The van der Waals surface area contributed by atoms with Crippen molar-refractivity contribution in [2.24, 2.45) is 16.8 Å². The van der Waals surface area contributed by atoms with Crippen LogP contribution in [0.1, 0.15) is 43.9 Å². The van der Waals surface area contributed by atoms with Crippen LogP contribution in [0.4, 0.5) is 5.82 Å². The van der Waals surface area contributed by atoms with Gasteiger partial charge in [-0.05, 0) is 50.7 Å². The van der Waals surface area contributed by atoms with Crippen LogP contribution in [0.3, 0.4) is 0 Å². The molecule has 0 bridgehead atoms. The average molecular weight is 276 g/mol. The predicted octanol–water partition coefficient (Wildman–Crippen LogP) is 2.50.